The van der Waals surface area contributed by atoms with Crippen LogP contribution in [0.2, 0.25) is 0 Å². The minimum atomic E-state index is -0.801. The van der Waals surface area contributed by atoms with E-state index in [1.807, 2.05) is 60.7 Å². The van der Waals surface area contributed by atoms with Gasteiger partial charge in [-0.05, 0) is 48.1 Å². The van der Waals surface area contributed by atoms with Gasteiger partial charge >= 0.3 is 0 Å². The molecule has 2 amide bonds. The Hall–Kier alpha value is -4.30. The molecule has 2 aromatic carbocycles. The highest BCUT2D eigenvalue weighted by molar-refractivity contribution is 7.15. The number of ether oxygens (including phenoxy) is 1. The van der Waals surface area contributed by atoms with Crippen LogP contribution in [0.25, 0.3) is 0 Å². The summed E-state index contributed by atoms with van der Waals surface area (Å²) in [5.74, 6) is 0.321. The fourth-order valence-electron chi connectivity index (χ4n) is 4.95. The van der Waals surface area contributed by atoms with E-state index in [1.54, 1.807) is 6.07 Å². The molecule has 1 aliphatic rings. The minimum absolute atomic E-state index is 0.00397. The number of benzene rings is 2. The average molecular weight is 645 g/mol. The topological polar surface area (TPSA) is 154 Å². The van der Waals surface area contributed by atoms with Gasteiger partial charge < -0.3 is 25.8 Å². The van der Waals surface area contributed by atoms with Crippen LogP contribution in [-0.2, 0) is 46.6 Å². The van der Waals surface area contributed by atoms with Gasteiger partial charge in [0.25, 0.3) is 0 Å². The van der Waals surface area contributed by atoms with Crippen molar-refractivity contribution in [1.82, 2.24) is 30.6 Å². The molecule has 3 heterocycles. The first-order chi connectivity index (χ1) is 22.5. The van der Waals surface area contributed by atoms with Gasteiger partial charge in [-0.25, -0.2) is 0 Å². The molecule has 0 radical (unpaired) electrons. The van der Waals surface area contributed by atoms with Crippen molar-refractivity contribution >= 4 is 34.1 Å². The summed E-state index contributed by atoms with van der Waals surface area (Å²) in [4.78, 5) is 26.5. The molecule has 5 rings (SSSR count). The number of anilines is 2. The highest BCUT2D eigenvalue weighted by Gasteiger charge is 2.14. The predicted molar refractivity (Wildman–Crippen MR) is 176 cm³/mol. The average Bonchev–Trinajstić information content (AvgIpc) is 3.51. The lowest BCUT2D eigenvalue weighted by molar-refractivity contribution is -0.123. The fraction of sp³-hybridized carbons (Fsp3) is 0.394. The lowest BCUT2D eigenvalue weighted by Gasteiger charge is -2.25. The lowest BCUT2D eigenvalue weighted by Crippen LogP contribution is -2.43. The van der Waals surface area contributed by atoms with E-state index in [1.165, 1.54) is 11.3 Å². The number of aryl methyl sites for hydroxylation is 2. The number of carbonyl (C=O) groups is 2. The molecule has 1 unspecified atom stereocenters. The van der Waals surface area contributed by atoms with E-state index in [-0.39, 0.29) is 11.8 Å². The third-order valence-corrected chi connectivity index (χ3v) is 8.35. The lowest BCUT2D eigenvalue weighted by atomic mass is 10.1. The van der Waals surface area contributed by atoms with Crippen molar-refractivity contribution in [3.63, 3.8) is 0 Å². The standard InChI is InChI=1S/C33H40N8O4S/c42-29(20-24-6-2-1-3-7-24)35-28-15-14-27(37-38-28)8-4-5-9-32-39-40-33(46-32)36-30(43)21-25-10-12-26(13-11-25)22-34-31(44)23-41-16-18-45-19-17-41/h1-3,6-7,10-15,30,43H,4-5,8-9,16-23H2,(H,34,44)(H,36,40)(H,35,38,42). The molecule has 12 nitrogen and oxygen atoms in total. The summed E-state index contributed by atoms with van der Waals surface area (Å²) < 4.78 is 5.32. The van der Waals surface area contributed by atoms with Gasteiger partial charge in [-0.2, -0.15) is 5.10 Å². The fourth-order valence-corrected chi connectivity index (χ4v) is 5.78. The molecule has 0 bridgehead atoms. The summed E-state index contributed by atoms with van der Waals surface area (Å²) in [6.07, 6.45) is 3.27. The summed E-state index contributed by atoms with van der Waals surface area (Å²) in [6.45, 7) is 3.75. The molecular weight excluding hydrogens is 604 g/mol. The summed E-state index contributed by atoms with van der Waals surface area (Å²) in [6, 6.07) is 21.1. The number of nitrogens with zero attached hydrogens (tertiary/aromatic N) is 5. The SMILES string of the molecule is O=C(CN1CCOCC1)NCc1ccc(CC(O)Nc2nnc(CCCCc3ccc(NC(=O)Cc4ccccc4)nn3)s2)cc1. The number of aromatic nitrogens is 4. The number of morpholine rings is 1. The van der Waals surface area contributed by atoms with Crippen molar-refractivity contribution < 1.29 is 19.4 Å². The highest BCUT2D eigenvalue weighted by Crippen LogP contribution is 2.19. The van der Waals surface area contributed by atoms with Crippen LogP contribution in [0.3, 0.4) is 0 Å². The molecule has 4 aromatic rings. The number of rotatable bonds is 16. The third kappa shape index (κ3) is 11.2. The van der Waals surface area contributed by atoms with Gasteiger partial charge in [0.1, 0.15) is 11.2 Å². The Balaban J connectivity index is 0.954. The number of nitrogens with one attached hydrogen (secondary N) is 3. The van der Waals surface area contributed by atoms with Gasteiger partial charge in [-0.1, -0.05) is 65.9 Å². The molecule has 1 fully saturated rings. The third-order valence-electron chi connectivity index (χ3n) is 7.44. The van der Waals surface area contributed by atoms with Crippen LogP contribution in [0, 0.1) is 0 Å². The van der Waals surface area contributed by atoms with Crippen LogP contribution in [-0.4, -0.2) is 81.3 Å². The maximum Gasteiger partial charge on any atom is 0.234 e. The van der Waals surface area contributed by atoms with Crippen molar-refractivity contribution in [2.75, 3.05) is 43.5 Å². The van der Waals surface area contributed by atoms with E-state index in [0.29, 0.717) is 50.1 Å². The molecule has 0 aliphatic carbocycles. The Bertz CT molecular complexity index is 1510. The van der Waals surface area contributed by atoms with Crippen LogP contribution in [0.1, 0.15) is 40.2 Å². The molecule has 1 saturated heterocycles. The first-order valence-corrected chi connectivity index (χ1v) is 16.4. The number of hydrogen-bond acceptors (Lipinski definition) is 11. The Labute approximate surface area is 272 Å². The van der Waals surface area contributed by atoms with Gasteiger partial charge in [0, 0.05) is 32.5 Å². The summed E-state index contributed by atoms with van der Waals surface area (Å²) in [5.41, 5.74) is 3.78. The zero-order valence-electron chi connectivity index (χ0n) is 25.7. The minimum Gasteiger partial charge on any atom is -0.379 e. The molecule has 1 aliphatic heterocycles. The second-order valence-corrected chi connectivity index (χ2v) is 12.2. The first-order valence-electron chi connectivity index (χ1n) is 15.6. The van der Waals surface area contributed by atoms with E-state index in [0.717, 1.165) is 66.2 Å². The van der Waals surface area contributed by atoms with E-state index in [9.17, 15) is 14.7 Å². The maximum absolute atomic E-state index is 12.2. The first kappa shape index (κ1) is 33.1. The number of carbonyl (C=O) groups excluding carboxylic acids is 2. The Morgan fingerprint density at radius 1 is 0.848 bits per heavy atom. The molecule has 13 heteroatoms. The molecule has 1 atom stereocenters. The van der Waals surface area contributed by atoms with Crippen LogP contribution in [0.15, 0.2) is 66.7 Å². The van der Waals surface area contributed by atoms with Crippen LogP contribution in [0.5, 0.6) is 0 Å². The summed E-state index contributed by atoms with van der Waals surface area (Å²) >= 11 is 1.44. The molecule has 46 heavy (non-hydrogen) atoms. The second-order valence-electron chi connectivity index (χ2n) is 11.2. The Kier molecular flexibility index (Phi) is 12.5. The molecule has 242 valence electrons. The molecule has 2 aromatic heterocycles. The van der Waals surface area contributed by atoms with Crippen molar-refractivity contribution in [3.8, 4) is 0 Å². The number of aliphatic hydroxyl groups excluding tert-OH is 1. The van der Waals surface area contributed by atoms with E-state index >= 15 is 0 Å². The molecular formula is C33H40N8O4S. The molecule has 0 saturated carbocycles. The van der Waals surface area contributed by atoms with Gasteiger partial charge in [0.15, 0.2) is 5.82 Å². The highest BCUT2D eigenvalue weighted by atomic mass is 32.1. The van der Waals surface area contributed by atoms with Gasteiger partial charge in [0.05, 0.1) is 31.9 Å². The van der Waals surface area contributed by atoms with E-state index in [2.05, 4.69) is 41.2 Å². The van der Waals surface area contributed by atoms with Gasteiger partial charge in [-0.15, -0.1) is 15.3 Å². The van der Waals surface area contributed by atoms with Crippen LogP contribution in [0.4, 0.5) is 10.9 Å². The Morgan fingerprint density at radius 2 is 1.61 bits per heavy atom. The number of hydrogen-bond donors (Lipinski definition) is 4. The number of amides is 2. The quantitative estimate of drug-likeness (QED) is 0.106. The van der Waals surface area contributed by atoms with Gasteiger partial charge in [-0.3, -0.25) is 14.5 Å². The predicted octanol–water partition coefficient (Wildman–Crippen LogP) is 3.00. The van der Waals surface area contributed by atoms with Crippen molar-refractivity contribution in [2.45, 2.75) is 51.3 Å². The summed E-state index contributed by atoms with van der Waals surface area (Å²) in [7, 11) is 0. The zero-order valence-corrected chi connectivity index (χ0v) is 26.5. The number of aliphatic hydroxyl groups is 1. The van der Waals surface area contributed by atoms with E-state index in [4.69, 9.17) is 4.74 Å². The second kappa shape index (κ2) is 17.4. The normalized spacial score (nSPS) is 14.0. The molecule has 4 N–H and O–H groups in total. The van der Waals surface area contributed by atoms with Crippen LogP contribution < -0.4 is 16.0 Å². The summed E-state index contributed by atoms with van der Waals surface area (Å²) in [5, 5.41) is 37.7. The monoisotopic (exact) mass is 644 g/mol. The van der Waals surface area contributed by atoms with Crippen molar-refractivity contribution in [3.05, 3.63) is 94.1 Å². The maximum atomic E-state index is 12.2. The smallest absolute Gasteiger partial charge is 0.234 e. The van der Waals surface area contributed by atoms with E-state index < -0.39 is 6.23 Å². The van der Waals surface area contributed by atoms with Crippen molar-refractivity contribution in [2.24, 2.45) is 0 Å². The van der Waals surface area contributed by atoms with Crippen LogP contribution >= 0.6 is 11.3 Å². The largest absolute Gasteiger partial charge is 0.379 e. The zero-order chi connectivity index (χ0) is 32.0. The Morgan fingerprint density at radius 3 is 2.37 bits per heavy atom. The molecule has 0 spiro atoms. The van der Waals surface area contributed by atoms with Crippen molar-refractivity contribution in [1.29, 1.82) is 0 Å². The van der Waals surface area contributed by atoms with Gasteiger partial charge in [0.2, 0.25) is 16.9 Å². The number of unbranched alkanes of at least 4 members (excludes halogenated alkanes) is 1.